The van der Waals surface area contributed by atoms with Crippen molar-refractivity contribution in [3.05, 3.63) is 58.7 Å². The fraction of sp³-hybridized carbons (Fsp3) is 0.333. The highest BCUT2D eigenvalue weighted by Gasteiger charge is 2.33. The van der Waals surface area contributed by atoms with E-state index in [1.165, 1.54) is 6.92 Å². The molecule has 2 rings (SSSR count). The van der Waals surface area contributed by atoms with Gasteiger partial charge in [0.2, 0.25) is 0 Å². The first kappa shape index (κ1) is 27.1. The fourth-order valence-corrected chi connectivity index (χ4v) is 3.22. The molecule has 0 amide bonds. The SMILES string of the molecule is Cc1c(O)cc(C(=O)OC(=O)OC(C)(C)C)c(C(N[C@@H](CC(=O)O)C(=O)O)c2ccccc2)c1O. The number of phenolic OH excluding ortho intramolecular Hbond substituents is 2. The molecule has 0 fully saturated rings. The quantitative estimate of drug-likeness (QED) is 0.271. The van der Waals surface area contributed by atoms with Crippen molar-refractivity contribution < 1.29 is 49.1 Å². The van der Waals surface area contributed by atoms with E-state index >= 15 is 0 Å². The average molecular weight is 489 g/mol. The monoisotopic (exact) mass is 489 g/mol. The molecule has 0 aliphatic carbocycles. The Morgan fingerprint density at radius 3 is 2.14 bits per heavy atom. The standard InChI is InChI=1S/C24H27NO10/c1-12-16(26)10-14(22(32)34-23(33)35-24(2,3)4)18(20(12)29)19(13-8-6-5-7-9-13)25-15(21(30)31)11-17(27)28/h5-10,15,19,25-26,29H,11H2,1-4H3,(H,27,28)(H,30,31)/t15-,19?/m0/s1. The number of phenols is 2. The maximum absolute atomic E-state index is 12.9. The summed E-state index contributed by atoms with van der Waals surface area (Å²) >= 11 is 0. The van der Waals surface area contributed by atoms with E-state index in [4.69, 9.17) is 14.6 Å². The van der Waals surface area contributed by atoms with E-state index in [0.29, 0.717) is 5.56 Å². The molecule has 0 aliphatic heterocycles. The third-order valence-electron chi connectivity index (χ3n) is 4.82. The molecule has 0 heterocycles. The molecule has 188 valence electrons. The molecule has 0 aromatic heterocycles. The Hall–Kier alpha value is -4.12. The van der Waals surface area contributed by atoms with Crippen LogP contribution in [-0.4, -0.2) is 56.1 Å². The van der Waals surface area contributed by atoms with Crippen molar-refractivity contribution in [3.63, 3.8) is 0 Å². The molecule has 2 atom stereocenters. The van der Waals surface area contributed by atoms with Gasteiger partial charge in [0.25, 0.3) is 0 Å². The molecule has 0 bridgehead atoms. The third kappa shape index (κ3) is 7.18. The van der Waals surface area contributed by atoms with Crippen LogP contribution in [0.3, 0.4) is 0 Å². The number of benzene rings is 2. The summed E-state index contributed by atoms with van der Waals surface area (Å²) in [6.45, 7) is 6.01. The lowest BCUT2D eigenvalue weighted by Crippen LogP contribution is -2.41. The lowest BCUT2D eigenvalue weighted by Gasteiger charge is -2.27. The van der Waals surface area contributed by atoms with Gasteiger partial charge in [-0.25, -0.2) is 9.59 Å². The molecule has 2 aromatic rings. The van der Waals surface area contributed by atoms with Crippen LogP contribution in [0, 0.1) is 6.92 Å². The number of hydrogen-bond donors (Lipinski definition) is 5. The van der Waals surface area contributed by atoms with Crippen molar-refractivity contribution >= 4 is 24.1 Å². The van der Waals surface area contributed by atoms with Crippen LogP contribution < -0.4 is 5.32 Å². The molecule has 1 unspecified atom stereocenters. The molecule has 0 saturated heterocycles. The van der Waals surface area contributed by atoms with E-state index in [1.54, 1.807) is 51.1 Å². The van der Waals surface area contributed by atoms with Gasteiger partial charge in [-0.15, -0.1) is 0 Å². The van der Waals surface area contributed by atoms with E-state index in [1.807, 2.05) is 0 Å². The number of carbonyl (C=O) groups is 4. The number of nitrogens with one attached hydrogen (secondary N) is 1. The summed E-state index contributed by atoms with van der Waals surface area (Å²) in [6.07, 6.45) is -2.14. The summed E-state index contributed by atoms with van der Waals surface area (Å²) in [5.74, 6) is -5.24. The molecular weight excluding hydrogens is 462 g/mol. The largest absolute Gasteiger partial charge is 0.516 e. The minimum atomic E-state index is -1.62. The zero-order chi connectivity index (χ0) is 26.5. The number of carboxylic acid groups (broad SMARTS) is 2. The number of hydrogen-bond acceptors (Lipinski definition) is 9. The molecule has 0 radical (unpaired) electrons. The number of esters is 1. The maximum Gasteiger partial charge on any atom is 0.516 e. The number of carboxylic acids is 2. The Morgan fingerprint density at radius 1 is 1.03 bits per heavy atom. The van der Waals surface area contributed by atoms with Gasteiger partial charge in [0, 0.05) is 11.1 Å². The van der Waals surface area contributed by atoms with Crippen molar-refractivity contribution in [2.75, 3.05) is 0 Å². The summed E-state index contributed by atoms with van der Waals surface area (Å²) in [7, 11) is 0. The van der Waals surface area contributed by atoms with Gasteiger partial charge in [-0.3, -0.25) is 14.9 Å². The molecular formula is C24H27NO10. The van der Waals surface area contributed by atoms with E-state index in [0.717, 1.165) is 6.07 Å². The van der Waals surface area contributed by atoms with Crippen LogP contribution in [0.5, 0.6) is 11.5 Å². The van der Waals surface area contributed by atoms with Gasteiger partial charge in [0.1, 0.15) is 23.1 Å². The Labute approximate surface area is 200 Å². The second-order valence-electron chi connectivity index (χ2n) is 8.68. The normalized spacial score (nSPS) is 12.9. The van der Waals surface area contributed by atoms with Crippen LogP contribution in [0.25, 0.3) is 0 Å². The Morgan fingerprint density at radius 2 is 1.63 bits per heavy atom. The first-order valence-electron chi connectivity index (χ1n) is 10.5. The molecule has 35 heavy (non-hydrogen) atoms. The molecule has 2 aromatic carbocycles. The lowest BCUT2D eigenvalue weighted by molar-refractivity contribution is -0.146. The summed E-state index contributed by atoms with van der Waals surface area (Å²) in [6, 6.07) is 6.09. The minimum Gasteiger partial charge on any atom is -0.508 e. The average Bonchev–Trinajstić information content (AvgIpc) is 2.74. The molecule has 0 saturated carbocycles. The zero-order valence-corrected chi connectivity index (χ0v) is 19.6. The van der Waals surface area contributed by atoms with Gasteiger partial charge in [-0.2, -0.15) is 0 Å². The number of aromatic hydroxyl groups is 2. The second kappa shape index (κ2) is 10.9. The van der Waals surface area contributed by atoms with E-state index in [-0.39, 0.29) is 11.1 Å². The molecule has 0 aliphatic rings. The maximum atomic E-state index is 12.9. The first-order chi connectivity index (χ1) is 16.2. The van der Waals surface area contributed by atoms with Crippen molar-refractivity contribution in [1.29, 1.82) is 0 Å². The fourth-order valence-electron chi connectivity index (χ4n) is 3.22. The van der Waals surface area contributed by atoms with Gasteiger partial charge in [0.15, 0.2) is 0 Å². The highest BCUT2D eigenvalue weighted by molar-refractivity contribution is 5.98. The summed E-state index contributed by atoms with van der Waals surface area (Å²) in [5, 5.41) is 42.5. The summed E-state index contributed by atoms with van der Waals surface area (Å²) in [4.78, 5) is 48.0. The minimum absolute atomic E-state index is 0.0401. The number of ether oxygens (including phenoxy) is 2. The third-order valence-corrected chi connectivity index (χ3v) is 4.82. The van der Waals surface area contributed by atoms with Crippen LogP contribution in [0.4, 0.5) is 4.79 Å². The van der Waals surface area contributed by atoms with Crippen molar-refractivity contribution in [1.82, 2.24) is 5.32 Å². The Kier molecular flexibility index (Phi) is 8.43. The number of rotatable bonds is 8. The predicted molar refractivity (Wildman–Crippen MR) is 121 cm³/mol. The van der Waals surface area contributed by atoms with E-state index < -0.39 is 65.2 Å². The smallest absolute Gasteiger partial charge is 0.508 e. The Bertz CT molecular complexity index is 1120. The molecule has 11 nitrogen and oxygen atoms in total. The van der Waals surface area contributed by atoms with Gasteiger partial charge in [-0.1, -0.05) is 30.3 Å². The predicted octanol–water partition coefficient (Wildman–Crippen LogP) is 3.11. The Balaban J connectivity index is 2.67. The number of carbonyl (C=O) groups excluding carboxylic acids is 2. The highest BCUT2D eigenvalue weighted by Crippen LogP contribution is 2.40. The number of aliphatic carboxylic acids is 2. The van der Waals surface area contributed by atoms with E-state index in [2.05, 4.69) is 5.32 Å². The van der Waals surface area contributed by atoms with Gasteiger partial charge in [-0.05, 0) is 39.3 Å². The van der Waals surface area contributed by atoms with Gasteiger partial charge >= 0.3 is 24.1 Å². The van der Waals surface area contributed by atoms with Crippen molar-refractivity contribution in [3.8, 4) is 11.5 Å². The van der Waals surface area contributed by atoms with Crippen LogP contribution in [0.2, 0.25) is 0 Å². The second-order valence-corrected chi connectivity index (χ2v) is 8.68. The van der Waals surface area contributed by atoms with Crippen LogP contribution in [0.1, 0.15) is 60.3 Å². The van der Waals surface area contributed by atoms with Crippen LogP contribution >= 0.6 is 0 Å². The lowest BCUT2D eigenvalue weighted by atomic mass is 9.90. The summed E-state index contributed by atoms with van der Waals surface area (Å²) < 4.78 is 9.72. The highest BCUT2D eigenvalue weighted by atomic mass is 16.7. The van der Waals surface area contributed by atoms with Crippen molar-refractivity contribution in [2.45, 2.75) is 51.8 Å². The molecule has 11 heteroatoms. The van der Waals surface area contributed by atoms with Gasteiger partial charge < -0.3 is 29.9 Å². The van der Waals surface area contributed by atoms with E-state index in [9.17, 15) is 34.5 Å². The topological polar surface area (TPSA) is 180 Å². The van der Waals surface area contributed by atoms with Crippen molar-refractivity contribution in [2.24, 2.45) is 0 Å². The van der Waals surface area contributed by atoms with Crippen LogP contribution in [0.15, 0.2) is 36.4 Å². The van der Waals surface area contributed by atoms with Gasteiger partial charge in [0.05, 0.1) is 18.0 Å². The molecule has 0 spiro atoms. The first-order valence-corrected chi connectivity index (χ1v) is 10.5. The summed E-state index contributed by atoms with van der Waals surface area (Å²) in [5.41, 5.74) is -1.34. The van der Waals surface area contributed by atoms with Crippen LogP contribution in [-0.2, 0) is 19.1 Å². The molecule has 5 N–H and O–H groups in total. The zero-order valence-electron chi connectivity index (χ0n) is 19.6.